The van der Waals surface area contributed by atoms with Gasteiger partial charge in [-0.05, 0) is 12.5 Å². The number of unbranched alkanes of at least 4 members (excludes halogenated alkanes) is 1. The topological polar surface area (TPSA) is 52.1 Å². The highest BCUT2D eigenvalue weighted by Gasteiger charge is 2.07. The van der Waals surface area contributed by atoms with E-state index in [1.807, 2.05) is 6.92 Å². The van der Waals surface area contributed by atoms with Gasteiger partial charge in [0.25, 0.3) is 0 Å². The predicted octanol–water partition coefficient (Wildman–Crippen LogP) is 1.86. The maximum Gasteiger partial charge on any atom is 0.233 e. The summed E-state index contributed by atoms with van der Waals surface area (Å²) >= 11 is 0. The Kier molecular flexibility index (Phi) is 4.04. The SMILES string of the molecule is CCCCC(=O)c1ccc(OC)nn1. The van der Waals surface area contributed by atoms with Crippen molar-refractivity contribution in [2.45, 2.75) is 26.2 Å². The van der Waals surface area contributed by atoms with E-state index in [0.29, 0.717) is 18.0 Å². The first kappa shape index (κ1) is 10.6. The summed E-state index contributed by atoms with van der Waals surface area (Å²) in [5.74, 6) is 0.471. The van der Waals surface area contributed by atoms with Crippen LogP contribution in [-0.4, -0.2) is 23.1 Å². The van der Waals surface area contributed by atoms with Gasteiger partial charge >= 0.3 is 0 Å². The molecule has 0 bridgehead atoms. The van der Waals surface area contributed by atoms with Crippen molar-refractivity contribution < 1.29 is 9.53 Å². The van der Waals surface area contributed by atoms with Crippen molar-refractivity contribution in [1.82, 2.24) is 10.2 Å². The van der Waals surface area contributed by atoms with Crippen LogP contribution in [-0.2, 0) is 0 Å². The van der Waals surface area contributed by atoms with Gasteiger partial charge in [0.2, 0.25) is 5.88 Å². The first-order valence-electron chi connectivity index (χ1n) is 4.69. The summed E-state index contributed by atoms with van der Waals surface area (Å²) in [7, 11) is 1.52. The zero-order valence-corrected chi connectivity index (χ0v) is 8.49. The molecule has 0 radical (unpaired) electrons. The van der Waals surface area contributed by atoms with Crippen LogP contribution in [0.1, 0.15) is 36.7 Å². The van der Waals surface area contributed by atoms with Crippen LogP contribution in [0.2, 0.25) is 0 Å². The highest BCUT2D eigenvalue weighted by Crippen LogP contribution is 2.07. The van der Waals surface area contributed by atoms with Crippen molar-refractivity contribution in [2.75, 3.05) is 7.11 Å². The maximum atomic E-state index is 11.5. The smallest absolute Gasteiger partial charge is 0.233 e. The summed E-state index contributed by atoms with van der Waals surface area (Å²) in [6.07, 6.45) is 2.44. The number of ether oxygens (including phenoxy) is 1. The summed E-state index contributed by atoms with van der Waals surface area (Å²) in [6.45, 7) is 2.05. The molecule has 0 amide bonds. The highest BCUT2D eigenvalue weighted by molar-refractivity contribution is 5.93. The largest absolute Gasteiger partial charge is 0.480 e. The third-order valence-electron chi connectivity index (χ3n) is 1.89. The molecule has 0 aliphatic rings. The quantitative estimate of drug-likeness (QED) is 0.671. The van der Waals surface area contributed by atoms with Crippen molar-refractivity contribution >= 4 is 5.78 Å². The third kappa shape index (κ3) is 2.80. The van der Waals surface area contributed by atoms with E-state index in [0.717, 1.165) is 12.8 Å². The molecule has 0 unspecified atom stereocenters. The molecule has 0 N–H and O–H groups in total. The second-order valence-electron chi connectivity index (χ2n) is 2.99. The van der Waals surface area contributed by atoms with Gasteiger partial charge in [-0.15, -0.1) is 10.2 Å². The summed E-state index contributed by atoms with van der Waals surface area (Å²) in [6, 6.07) is 3.29. The Morgan fingerprint density at radius 1 is 1.43 bits per heavy atom. The van der Waals surface area contributed by atoms with Crippen LogP contribution in [0.4, 0.5) is 0 Å². The van der Waals surface area contributed by atoms with E-state index >= 15 is 0 Å². The minimum Gasteiger partial charge on any atom is -0.480 e. The van der Waals surface area contributed by atoms with E-state index in [-0.39, 0.29) is 5.78 Å². The molecule has 0 aliphatic heterocycles. The zero-order chi connectivity index (χ0) is 10.4. The molecule has 0 atom stereocenters. The van der Waals surface area contributed by atoms with E-state index in [9.17, 15) is 4.79 Å². The summed E-state index contributed by atoms with van der Waals surface area (Å²) in [4.78, 5) is 11.5. The van der Waals surface area contributed by atoms with Crippen LogP contribution in [0.25, 0.3) is 0 Å². The molecule has 0 fully saturated rings. The molecule has 1 aromatic heterocycles. The molecular formula is C10H14N2O2. The number of carbonyl (C=O) groups excluding carboxylic acids is 1. The van der Waals surface area contributed by atoms with Gasteiger partial charge in [0.1, 0.15) is 5.69 Å². The molecule has 0 saturated heterocycles. The minimum absolute atomic E-state index is 0.0435. The number of hydrogen-bond donors (Lipinski definition) is 0. The lowest BCUT2D eigenvalue weighted by Crippen LogP contribution is -2.03. The molecule has 1 aromatic rings. The molecule has 4 heteroatoms. The Morgan fingerprint density at radius 2 is 2.21 bits per heavy atom. The summed E-state index contributed by atoms with van der Waals surface area (Å²) in [5, 5.41) is 7.51. The number of hydrogen-bond acceptors (Lipinski definition) is 4. The number of nitrogens with zero attached hydrogens (tertiary/aromatic N) is 2. The number of ketones is 1. The van der Waals surface area contributed by atoms with Crippen LogP contribution in [0.15, 0.2) is 12.1 Å². The fourth-order valence-electron chi connectivity index (χ4n) is 1.04. The van der Waals surface area contributed by atoms with E-state index in [1.54, 1.807) is 12.1 Å². The summed E-state index contributed by atoms with van der Waals surface area (Å²) < 4.78 is 4.85. The van der Waals surface area contributed by atoms with Crippen LogP contribution < -0.4 is 4.74 Å². The standard InChI is InChI=1S/C10H14N2O2/c1-3-4-5-9(13)8-6-7-10(14-2)12-11-8/h6-7H,3-5H2,1-2H3. The van der Waals surface area contributed by atoms with Crippen molar-refractivity contribution in [3.63, 3.8) is 0 Å². The Labute approximate surface area is 83.3 Å². The number of Topliss-reactive ketones (excluding diaryl/α,β-unsaturated/α-hetero) is 1. The lowest BCUT2D eigenvalue weighted by molar-refractivity contribution is 0.0973. The fraction of sp³-hybridized carbons (Fsp3) is 0.500. The van der Waals surface area contributed by atoms with Gasteiger partial charge in [-0.2, -0.15) is 0 Å². The van der Waals surface area contributed by atoms with Crippen molar-refractivity contribution in [2.24, 2.45) is 0 Å². The van der Waals surface area contributed by atoms with Gasteiger partial charge in [0.15, 0.2) is 5.78 Å². The van der Waals surface area contributed by atoms with Gasteiger partial charge in [0.05, 0.1) is 7.11 Å². The number of methoxy groups -OCH3 is 1. The van der Waals surface area contributed by atoms with Crippen LogP contribution in [0, 0.1) is 0 Å². The molecule has 14 heavy (non-hydrogen) atoms. The maximum absolute atomic E-state index is 11.5. The zero-order valence-electron chi connectivity index (χ0n) is 8.49. The normalized spacial score (nSPS) is 9.86. The van der Waals surface area contributed by atoms with Gasteiger partial charge in [-0.3, -0.25) is 4.79 Å². The van der Waals surface area contributed by atoms with E-state index < -0.39 is 0 Å². The number of carbonyl (C=O) groups is 1. The van der Waals surface area contributed by atoms with Gasteiger partial charge < -0.3 is 4.74 Å². The molecule has 4 nitrogen and oxygen atoms in total. The second-order valence-corrected chi connectivity index (χ2v) is 2.99. The van der Waals surface area contributed by atoms with Crippen molar-refractivity contribution in [3.8, 4) is 5.88 Å². The third-order valence-corrected chi connectivity index (χ3v) is 1.89. The molecule has 0 aromatic carbocycles. The monoisotopic (exact) mass is 194 g/mol. The van der Waals surface area contributed by atoms with Crippen molar-refractivity contribution in [1.29, 1.82) is 0 Å². The highest BCUT2D eigenvalue weighted by atomic mass is 16.5. The van der Waals surface area contributed by atoms with Gasteiger partial charge in [-0.25, -0.2) is 0 Å². The van der Waals surface area contributed by atoms with E-state index in [4.69, 9.17) is 4.74 Å². The Hall–Kier alpha value is -1.45. The molecule has 0 aliphatic carbocycles. The first-order valence-corrected chi connectivity index (χ1v) is 4.69. The van der Waals surface area contributed by atoms with Crippen molar-refractivity contribution in [3.05, 3.63) is 17.8 Å². The molecular weight excluding hydrogens is 180 g/mol. The molecule has 1 heterocycles. The van der Waals surface area contributed by atoms with Crippen LogP contribution in [0.5, 0.6) is 5.88 Å². The number of rotatable bonds is 5. The molecule has 0 spiro atoms. The molecule has 76 valence electrons. The summed E-state index contributed by atoms with van der Waals surface area (Å²) in [5.41, 5.74) is 0.416. The lowest BCUT2D eigenvalue weighted by atomic mass is 10.1. The second kappa shape index (κ2) is 5.32. The van der Waals surface area contributed by atoms with Crippen LogP contribution in [0.3, 0.4) is 0 Å². The van der Waals surface area contributed by atoms with Gasteiger partial charge in [0, 0.05) is 12.5 Å². The van der Waals surface area contributed by atoms with E-state index in [2.05, 4.69) is 10.2 Å². The Bertz CT molecular complexity index is 295. The lowest BCUT2D eigenvalue weighted by Gasteiger charge is -1.99. The average Bonchev–Trinajstić information content (AvgIpc) is 2.26. The Balaban J connectivity index is 2.62. The van der Waals surface area contributed by atoms with E-state index in [1.165, 1.54) is 7.11 Å². The molecule has 1 rings (SSSR count). The average molecular weight is 194 g/mol. The van der Waals surface area contributed by atoms with Gasteiger partial charge in [-0.1, -0.05) is 13.3 Å². The fourth-order valence-corrected chi connectivity index (χ4v) is 1.04. The minimum atomic E-state index is 0.0435. The Morgan fingerprint density at radius 3 is 2.71 bits per heavy atom. The van der Waals surface area contributed by atoms with Crippen LogP contribution >= 0.6 is 0 Å². The first-order chi connectivity index (χ1) is 6.77. The molecule has 0 saturated carbocycles. The predicted molar refractivity (Wildman–Crippen MR) is 52.4 cm³/mol. The number of aromatic nitrogens is 2.